The molecule has 1 aliphatic rings. The second kappa shape index (κ2) is 23.3. The maximum Gasteiger partial charge on any atom is 0.225 e. The number of aliphatic hydroxyl groups excluding tert-OH is 1. The molecule has 1 aliphatic heterocycles. The Labute approximate surface area is 354 Å². The fraction of sp³-hybridized carbons (Fsp3) is 0.447. The smallest absolute Gasteiger partial charge is 0.225 e. The zero-order chi connectivity index (χ0) is 40.0. The summed E-state index contributed by atoms with van der Waals surface area (Å²) in [6.07, 6.45) is 0. The quantitative estimate of drug-likeness (QED) is 0.140. The monoisotopic (exact) mass is 810 g/mol. The molecule has 6 nitrogen and oxygen atoms in total. The van der Waals surface area contributed by atoms with Crippen LogP contribution in [-0.4, -0.2) is 37.1 Å². The summed E-state index contributed by atoms with van der Waals surface area (Å²) in [5.41, 5.74) is 13.5. The molecule has 1 radical (unpaired) electrons. The Morgan fingerprint density at radius 3 is 1.78 bits per heavy atom. The third-order valence-corrected chi connectivity index (χ3v) is 10.0. The van der Waals surface area contributed by atoms with Crippen LogP contribution in [0.2, 0.25) is 0 Å². The number of nitrogens with zero attached hydrogens (tertiary/aromatic N) is 1. The van der Waals surface area contributed by atoms with Crippen molar-refractivity contribution in [3.63, 3.8) is 0 Å². The molecule has 54 heavy (non-hydrogen) atoms. The van der Waals surface area contributed by atoms with Gasteiger partial charge in [-0.05, 0) is 96.5 Å². The van der Waals surface area contributed by atoms with Crippen molar-refractivity contribution < 1.29 is 42.6 Å². The van der Waals surface area contributed by atoms with Gasteiger partial charge in [0.1, 0.15) is 0 Å². The van der Waals surface area contributed by atoms with Crippen LogP contribution in [0.15, 0.2) is 78.9 Å². The molecule has 0 aromatic heterocycles. The van der Waals surface area contributed by atoms with Crippen molar-refractivity contribution in [2.75, 3.05) is 21.1 Å². The van der Waals surface area contributed by atoms with Crippen LogP contribution >= 0.6 is 0 Å². The molecule has 1 heterocycles. The van der Waals surface area contributed by atoms with Gasteiger partial charge in [-0.3, -0.25) is 9.69 Å². The van der Waals surface area contributed by atoms with E-state index >= 15 is 0 Å². The molecule has 0 aliphatic carbocycles. The number of carbonyl (C=O) groups is 1. The zero-order valence-electron chi connectivity index (χ0n) is 35.8. The molecule has 4 aromatic carbocycles. The molecule has 4 N–H and O–H groups in total. The molecule has 0 saturated carbocycles. The number of benzene rings is 4. The number of amides is 1. The molecule has 4 aromatic rings. The summed E-state index contributed by atoms with van der Waals surface area (Å²) in [6.45, 7) is 27.8. The summed E-state index contributed by atoms with van der Waals surface area (Å²) in [5, 5.41) is 18.5. The van der Waals surface area contributed by atoms with Crippen LogP contribution in [0.4, 0.5) is 0 Å². The molecule has 293 valence electrons. The fourth-order valence-corrected chi connectivity index (χ4v) is 6.04. The first-order chi connectivity index (χ1) is 24.8. The van der Waals surface area contributed by atoms with Gasteiger partial charge in [-0.25, -0.2) is 0 Å². The van der Waals surface area contributed by atoms with Crippen LogP contribution in [0.25, 0.3) is 0 Å². The number of aliphatic hydroxyl groups is 1. The van der Waals surface area contributed by atoms with Gasteiger partial charge in [0.2, 0.25) is 5.91 Å². The van der Waals surface area contributed by atoms with E-state index in [0.717, 1.165) is 23.2 Å². The van der Waals surface area contributed by atoms with Crippen molar-refractivity contribution in [1.82, 2.24) is 20.9 Å². The van der Waals surface area contributed by atoms with Crippen LogP contribution < -0.4 is 16.0 Å². The average molecular weight is 811 g/mol. The largest absolute Gasteiger partial charge is 0.392 e. The number of fused-ring (bicyclic) bond motifs is 1. The minimum atomic E-state index is -0.334. The Morgan fingerprint density at radius 2 is 1.26 bits per heavy atom. The summed E-state index contributed by atoms with van der Waals surface area (Å²) in [5.74, 6) is 0.0839. The van der Waals surface area contributed by atoms with Crippen molar-refractivity contribution in [3.05, 3.63) is 147 Å². The minimum absolute atomic E-state index is 0. The van der Waals surface area contributed by atoms with E-state index in [9.17, 15) is 4.79 Å². The van der Waals surface area contributed by atoms with Gasteiger partial charge in [0.15, 0.2) is 0 Å². The molecule has 0 saturated heterocycles. The number of aryl methyl sites for hydroxylation is 4. The summed E-state index contributed by atoms with van der Waals surface area (Å²) < 4.78 is 0. The number of carbonyl (C=O) groups excluding carboxylic acids is 1. The van der Waals surface area contributed by atoms with Crippen molar-refractivity contribution in [2.24, 2.45) is 5.41 Å². The number of hydrogen-bond acceptors (Lipinski definition) is 5. The summed E-state index contributed by atoms with van der Waals surface area (Å²) in [6, 6.07) is 28.9. The number of nitrogens with one attached hydrogen (secondary N) is 3. The predicted molar refractivity (Wildman–Crippen MR) is 226 cm³/mol. The van der Waals surface area contributed by atoms with Crippen molar-refractivity contribution in [2.45, 2.75) is 113 Å². The molecule has 1 amide bonds. The minimum Gasteiger partial charge on any atom is -0.392 e. The first kappa shape index (κ1) is 49.2. The van der Waals surface area contributed by atoms with Crippen molar-refractivity contribution >= 4 is 5.91 Å². The Hall–Kier alpha value is -2.84. The van der Waals surface area contributed by atoms with Gasteiger partial charge in [-0.1, -0.05) is 118 Å². The van der Waals surface area contributed by atoms with Gasteiger partial charge in [-0.2, -0.15) is 18.6 Å². The predicted octanol–water partition coefficient (Wildman–Crippen LogP) is 9.94. The summed E-state index contributed by atoms with van der Waals surface area (Å²) in [4.78, 5) is 14.2. The average Bonchev–Trinajstić information content (AvgIpc) is 3.39. The van der Waals surface area contributed by atoms with E-state index in [0.29, 0.717) is 18.1 Å². The normalized spacial score (nSPS) is 15.0. The van der Waals surface area contributed by atoms with E-state index < -0.39 is 0 Å². The van der Waals surface area contributed by atoms with Gasteiger partial charge >= 0.3 is 0 Å². The van der Waals surface area contributed by atoms with Crippen LogP contribution in [0, 0.1) is 40.0 Å². The van der Waals surface area contributed by atoms with Gasteiger partial charge in [0.25, 0.3) is 0 Å². The van der Waals surface area contributed by atoms with E-state index in [1.54, 1.807) is 0 Å². The molecular formula is C47H69N4O2Y-. The standard InChI is InChI=1S/C14H21NO.C11H17NO.C11H15N.C11H16N.Y/c1-10-6-8-12(9-7-10)11(2)15-13(16)14(3,4)5;1-8-4-5-11(9(2)12-3)10(6-8)7-13;1-8-4-5-11-9(2)12(3)7-10(11)6-8;1-8-5-6-11(9(2)7-8)10(3)12-4;/h6-9,11H,1-5H3,(H,15,16);4-6,9,12-13H,7H2,1-3H3;4-6,9H,7H2,1-3H3;5-7,10,12H,2H2,1,3-4H3;/q;;;-1;. The third kappa shape index (κ3) is 15.4. The van der Waals surface area contributed by atoms with E-state index in [2.05, 4.69) is 149 Å². The first-order valence-electron chi connectivity index (χ1n) is 19.0. The molecular weight excluding hydrogens is 741 g/mol. The van der Waals surface area contributed by atoms with Crippen LogP contribution in [-0.2, 0) is 50.7 Å². The molecule has 7 heteroatoms. The van der Waals surface area contributed by atoms with Gasteiger partial charge in [0.05, 0.1) is 12.6 Å². The molecule has 0 spiro atoms. The first-order valence-corrected chi connectivity index (χ1v) is 19.0. The van der Waals surface area contributed by atoms with E-state index in [4.69, 9.17) is 5.11 Å². The topological polar surface area (TPSA) is 76.6 Å². The Bertz CT molecular complexity index is 1730. The van der Waals surface area contributed by atoms with Crippen molar-refractivity contribution in [1.29, 1.82) is 0 Å². The maximum atomic E-state index is 11.8. The van der Waals surface area contributed by atoms with Gasteiger partial charge in [0, 0.05) is 56.8 Å². The van der Waals surface area contributed by atoms with Gasteiger partial charge < -0.3 is 21.1 Å². The Kier molecular flexibility index (Phi) is 21.2. The SMILES string of the molecule is CNC(C)c1ccc(C)cc1CO.Cc1ccc(C(C)NC(=O)C(C)(C)C)cc1.Cc1ccc2c(c1)CN(C)C2C.[CH2-]c1cc(C)ccc1C(C)NC.[Y]. The van der Waals surface area contributed by atoms with Crippen molar-refractivity contribution in [3.8, 4) is 0 Å². The van der Waals surface area contributed by atoms with E-state index in [-0.39, 0.29) is 56.7 Å². The maximum absolute atomic E-state index is 11.8. The van der Waals surface area contributed by atoms with Gasteiger partial charge in [-0.15, -0.1) is 17.2 Å². The molecule has 0 fully saturated rings. The molecule has 5 rings (SSSR count). The summed E-state index contributed by atoms with van der Waals surface area (Å²) in [7, 11) is 6.07. The Morgan fingerprint density at radius 1 is 0.778 bits per heavy atom. The molecule has 4 atom stereocenters. The second-order valence-corrected chi connectivity index (χ2v) is 15.7. The third-order valence-electron chi connectivity index (χ3n) is 10.0. The van der Waals surface area contributed by atoms with Crippen LogP contribution in [0.5, 0.6) is 0 Å². The second-order valence-electron chi connectivity index (χ2n) is 15.7. The van der Waals surface area contributed by atoms with E-state index in [1.165, 1.54) is 44.5 Å². The fourth-order valence-electron chi connectivity index (χ4n) is 6.04. The van der Waals surface area contributed by atoms with E-state index in [1.807, 2.05) is 54.8 Å². The number of rotatable bonds is 7. The van der Waals surface area contributed by atoms with Crippen LogP contribution in [0.1, 0.15) is 134 Å². The molecule has 4 unspecified atom stereocenters. The van der Waals surface area contributed by atoms with Crippen LogP contribution in [0.3, 0.4) is 0 Å². The summed E-state index contributed by atoms with van der Waals surface area (Å²) >= 11 is 0. The number of hydrogen-bond donors (Lipinski definition) is 4. The zero-order valence-corrected chi connectivity index (χ0v) is 38.7. The Balaban J connectivity index is 0.000000360. The molecule has 0 bridgehead atoms.